The molecule has 28 heavy (non-hydrogen) atoms. The number of hydrogen-bond donors (Lipinski definition) is 3. The Morgan fingerprint density at radius 2 is 1.61 bits per heavy atom. The van der Waals surface area contributed by atoms with Gasteiger partial charge in [-0.05, 0) is 68.7 Å². The molecule has 2 aromatic carbocycles. The summed E-state index contributed by atoms with van der Waals surface area (Å²) >= 11 is 0. The highest BCUT2D eigenvalue weighted by Crippen LogP contribution is 2.13. The van der Waals surface area contributed by atoms with Gasteiger partial charge in [-0.2, -0.15) is 0 Å². The maximum atomic E-state index is 12.2. The molecule has 0 aliphatic carbocycles. The summed E-state index contributed by atoms with van der Waals surface area (Å²) < 4.78 is 0. The van der Waals surface area contributed by atoms with Crippen molar-refractivity contribution in [1.82, 2.24) is 10.6 Å². The van der Waals surface area contributed by atoms with Crippen LogP contribution in [-0.2, 0) is 6.42 Å². The van der Waals surface area contributed by atoms with Crippen molar-refractivity contribution in [2.45, 2.75) is 32.7 Å². The minimum atomic E-state index is -0.259. The zero-order valence-electron chi connectivity index (χ0n) is 17.1. The molecule has 0 aromatic heterocycles. The number of hydrogen-bond acceptors (Lipinski definition) is 3. The lowest BCUT2D eigenvalue weighted by molar-refractivity contribution is 0.0953. The van der Waals surface area contributed by atoms with E-state index in [-0.39, 0.29) is 18.0 Å². The summed E-state index contributed by atoms with van der Waals surface area (Å²) in [4.78, 5) is 26.0. The zero-order valence-corrected chi connectivity index (χ0v) is 17.1. The van der Waals surface area contributed by atoms with Gasteiger partial charge in [0.05, 0.1) is 0 Å². The average Bonchev–Trinajstić information content (AvgIpc) is 2.65. The number of rotatable bonds is 8. The quantitative estimate of drug-likeness (QED) is 0.610. The molecule has 0 aliphatic rings. The first-order chi connectivity index (χ1) is 13.3. The summed E-state index contributed by atoms with van der Waals surface area (Å²) in [7, 11) is 4.04. The van der Waals surface area contributed by atoms with Gasteiger partial charge in [0, 0.05) is 43.6 Å². The van der Waals surface area contributed by atoms with E-state index < -0.39 is 0 Å². The van der Waals surface area contributed by atoms with Crippen LogP contribution in [0.3, 0.4) is 0 Å². The van der Waals surface area contributed by atoms with Crippen molar-refractivity contribution >= 4 is 23.3 Å². The second-order valence-corrected chi connectivity index (χ2v) is 7.25. The molecular formula is C22H30N4O2. The fraction of sp³-hybridized carbons (Fsp3) is 0.364. The molecule has 0 bridgehead atoms. The summed E-state index contributed by atoms with van der Waals surface area (Å²) in [5, 5.41) is 8.43. The summed E-state index contributed by atoms with van der Waals surface area (Å²) in [6.45, 7) is 4.41. The van der Waals surface area contributed by atoms with Crippen LogP contribution in [-0.4, -0.2) is 38.6 Å². The number of benzene rings is 2. The van der Waals surface area contributed by atoms with E-state index >= 15 is 0 Å². The Labute approximate surface area is 167 Å². The van der Waals surface area contributed by atoms with E-state index in [2.05, 4.69) is 45.1 Å². The van der Waals surface area contributed by atoms with Gasteiger partial charge in [-0.1, -0.05) is 12.1 Å². The minimum Gasteiger partial charge on any atom is -0.378 e. The number of aryl methyl sites for hydroxylation is 1. The SMILES string of the molecule is CC(C)NC(=O)Nc1ccc(C(=O)NCCCc2ccc(N(C)C)cc2)cc1. The molecule has 0 heterocycles. The second kappa shape index (κ2) is 10.3. The molecule has 3 N–H and O–H groups in total. The Hall–Kier alpha value is -3.02. The Kier molecular flexibility index (Phi) is 7.87. The molecule has 2 rings (SSSR count). The lowest BCUT2D eigenvalue weighted by Gasteiger charge is -2.12. The zero-order chi connectivity index (χ0) is 20.5. The van der Waals surface area contributed by atoms with Crippen molar-refractivity contribution in [3.05, 3.63) is 59.7 Å². The fourth-order valence-electron chi connectivity index (χ4n) is 2.69. The first-order valence-electron chi connectivity index (χ1n) is 9.57. The van der Waals surface area contributed by atoms with E-state index in [0.717, 1.165) is 12.8 Å². The first-order valence-corrected chi connectivity index (χ1v) is 9.57. The van der Waals surface area contributed by atoms with E-state index in [1.165, 1.54) is 11.3 Å². The molecule has 0 fully saturated rings. The molecule has 3 amide bonds. The third-order valence-electron chi connectivity index (χ3n) is 4.21. The van der Waals surface area contributed by atoms with E-state index in [9.17, 15) is 9.59 Å². The molecule has 0 atom stereocenters. The number of carbonyl (C=O) groups excluding carboxylic acids is 2. The van der Waals surface area contributed by atoms with Crippen molar-refractivity contribution in [3.8, 4) is 0 Å². The number of urea groups is 1. The van der Waals surface area contributed by atoms with Crippen LogP contribution in [0.25, 0.3) is 0 Å². The maximum Gasteiger partial charge on any atom is 0.319 e. The van der Waals surface area contributed by atoms with E-state index in [1.54, 1.807) is 24.3 Å². The van der Waals surface area contributed by atoms with Crippen LogP contribution in [0.2, 0.25) is 0 Å². The predicted molar refractivity (Wildman–Crippen MR) is 115 cm³/mol. The number of nitrogens with one attached hydrogen (secondary N) is 3. The molecule has 0 saturated carbocycles. The molecule has 6 heteroatoms. The Bertz CT molecular complexity index is 768. The topological polar surface area (TPSA) is 73.5 Å². The van der Waals surface area contributed by atoms with Crippen LogP contribution in [0.5, 0.6) is 0 Å². The fourth-order valence-corrected chi connectivity index (χ4v) is 2.69. The molecule has 2 aromatic rings. The largest absolute Gasteiger partial charge is 0.378 e. The third kappa shape index (κ3) is 6.95. The second-order valence-electron chi connectivity index (χ2n) is 7.25. The van der Waals surface area contributed by atoms with Gasteiger partial charge in [0.15, 0.2) is 0 Å². The number of carbonyl (C=O) groups is 2. The van der Waals surface area contributed by atoms with Gasteiger partial charge in [-0.3, -0.25) is 4.79 Å². The standard InChI is InChI=1S/C22H30N4O2/c1-16(2)24-22(28)25-19-11-9-18(10-12-19)21(27)23-15-5-6-17-7-13-20(14-8-17)26(3)4/h7-14,16H,5-6,15H2,1-4H3,(H,23,27)(H2,24,25,28). The van der Waals surface area contributed by atoms with Crippen molar-refractivity contribution in [2.24, 2.45) is 0 Å². The highest BCUT2D eigenvalue weighted by molar-refractivity contribution is 5.95. The lowest BCUT2D eigenvalue weighted by Crippen LogP contribution is -2.34. The van der Waals surface area contributed by atoms with Crippen LogP contribution < -0.4 is 20.9 Å². The molecule has 0 saturated heterocycles. The number of nitrogens with zero attached hydrogens (tertiary/aromatic N) is 1. The van der Waals surface area contributed by atoms with Crippen LogP contribution in [0.15, 0.2) is 48.5 Å². The van der Waals surface area contributed by atoms with Crippen LogP contribution in [0.4, 0.5) is 16.2 Å². The predicted octanol–water partition coefficient (Wildman–Crippen LogP) is 3.65. The molecule has 0 aliphatic heterocycles. The molecule has 0 radical (unpaired) electrons. The van der Waals surface area contributed by atoms with Crippen molar-refractivity contribution in [3.63, 3.8) is 0 Å². The molecular weight excluding hydrogens is 352 g/mol. The van der Waals surface area contributed by atoms with Gasteiger partial charge in [0.2, 0.25) is 0 Å². The van der Waals surface area contributed by atoms with Crippen LogP contribution in [0, 0.1) is 0 Å². The maximum absolute atomic E-state index is 12.2. The van der Waals surface area contributed by atoms with Crippen molar-refractivity contribution in [2.75, 3.05) is 30.9 Å². The molecule has 0 spiro atoms. The summed E-state index contributed by atoms with van der Waals surface area (Å²) in [6.07, 6.45) is 1.80. The van der Waals surface area contributed by atoms with Gasteiger partial charge >= 0.3 is 6.03 Å². The highest BCUT2D eigenvalue weighted by Gasteiger charge is 2.07. The molecule has 0 unspecified atom stereocenters. The third-order valence-corrected chi connectivity index (χ3v) is 4.21. The molecule has 150 valence electrons. The first kappa shape index (κ1) is 21.3. The smallest absolute Gasteiger partial charge is 0.319 e. The van der Waals surface area contributed by atoms with Gasteiger partial charge < -0.3 is 20.9 Å². The van der Waals surface area contributed by atoms with Gasteiger partial charge in [0.1, 0.15) is 0 Å². The Morgan fingerprint density at radius 1 is 0.964 bits per heavy atom. The van der Waals surface area contributed by atoms with E-state index in [1.807, 2.05) is 27.9 Å². The van der Waals surface area contributed by atoms with Crippen molar-refractivity contribution in [1.29, 1.82) is 0 Å². The lowest BCUT2D eigenvalue weighted by atomic mass is 10.1. The van der Waals surface area contributed by atoms with Crippen molar-refractivity contribution < 1.29 is 9.59 Å². The van der Waals surface area contributed by atoms with E-state index in [0.29, 0.717) is 17.8 Å². The number of amides is 3. The van der Waals surface area contributed by atoms with Gasteiger partial charge in [-0.15, -0.1) is 0 Å². The normalized spacial score (nSPS) is 10.5. The number of anilines is 2. The Balaban J connectivity index is 1.74. The average molecular weight is 383 g/mol. The van der Waals surface area contributed by atoms with Gasteiger partial charge in [-0.25, -0.2) is 4.79 Å². The van der Waals surface area contributed by atoms with E-state index in [4.69, 9.17) is 0 Å². The van der Waals surface area contributed by atoms with Crippen LogP contribution >= 0.6 is 0 Å². The van der Waals surface area contributed by atoms with Crippen LogP contribution in [0.1, 0.15) is 36.2 Å². The highest BCUT2D eigenvalue weighted by atomic mass is 16.2. The molecule has 6 nitrogen and oxygen atoms in total. The summed E-state index contributed by atoms with van der Waals surface area (Å²) in [6, 6.07) is 15.1. The Morgan fingerprint density at radius 3 is 2.18 bits per heavy atom. The summed E-state index contributed by atoms with van der Waals surface area (Å²) in [5.74, 6) is -0.110. The monoisotopic (exact) mass is 382 g/mol. The summed E-state index contributed by atoms with van der Waals surface area (Å²) in [5.41, 5.74) is 3.66. The van der Waals surface area contributed by atoms with Gasteiger partial charge in [0.25, 0.3) is 5.91 Å². The minimum absolute atomic E-state index is 0.0657.